The second-order valence-corrected chi connectivity index (χ2v) is 34.7. The minimum Gasteiger partial charge on any atom is -0.476 e. The van der Waals surface area contributed by atoms with E-state index in [9.17, 15) is 69.6 Å². The van der Waals surface area contributed by atoms with Crippen LogP contribution in [0.15, 0.2) is 97.2 Å². The Morgan fingerprint density at radius 1 is 0.778 bits per heavy atom. The number of anilines is 3. The summed E-state index contributed by atoms with van der Waals surface area (Å²) in [4.78, 5) is 135. The highest BCUT2D eigenvalue weighted by Crippen LogP contribution is 2.63. The van der Waals surface area contributed by atoms with Crippen LogP contribution in [0, 0.1) is 29.1 Å². The number of aromatic carboxylic acids is 1. The molecule has 2 aliphatic carbocycles. The summed E-state index contributed by atoms with van der Waals surface area (Å²) >= 11 is 1.39. The summed E-state index contributed by atoms with van der Waals surface area (Å²) in [6, 6.07) is 18.4. The molecule has 34 heteroatoms. The zero-order valence-electron chi connectivity index (χ0n) is 61.2. The number of carbonyl (C=O) groups is 9. The summed E-state index contributed by atoms with van der Waals surface area (Å²) in [6.07, 6.45) is 6.89. The van der Waals surface area contributed by atoms with Gasteiger partial charge in [0.2, 0.25) is 23.6 Å². The molecule has 2 bridgehead atoms. The number of carboxylic acid groups (broad SMARTS) is 1. The van der Waals surface area contributed by atoms with Gasteiger partial charge in [0.15, 0.2) is 10.8 Å². The molecule has 3 aromatic heterocycles. The van der Waals surface area contributed by atoms with Gasteiger partial charge in [0.25, 0.3) is 38.0 Å². The van der Waals surface area contributed by atoms with Gasteiger partial charge in [0, 0.05) is 79.4 Å². The molecule has 11 rings (SSSR count). The summed E-state index contributed by atoms with van der Waals surface area (Å²) in [7, 11) is -8.93. The van der Waals surface area contributed by atoms with E-state index in [0.717, 1.165) is 66.7 Å². The Balaban J connectivity index is 0.686. The molecule has 1 saturated heterocycles. The van der Waals surface area contributed by atoms with Crippen LogP contribution >= 0.6 is 11.3 Å². The molecule has 3 aromatic carbocycles. The van der Waals surface area contributed by atoms with E-state index in [1.54, 1.807) is 50.4 Å². The van der Waals surface area contributed by atoms with Gasteiger partial charge in [-0.05, 0) is 134 Å². The third kappa shape index (κ3) is 19.1. The lowest BCUT2D eigenvalue weighted by Crippen LogP contribution is -2.57. The molecule has 7 N–H and O–H groups in total. The summed E-state index contributed by atoms with van der Waals surface area (Å²) in [5.41, 5.74) is 4.00. The van der Waals surface area contributed by atoms with Crippen molar-refractivity contribution in [3.63, 3.8) is 0 Å². The number of carboxylic acids is 1. The molecule has 3 aliphatic heterocycles. The van der Waals surface area contributed by atoms with E-state index < -0.39 is 140 Å². The van der Waals surface area contributed by atoms with Crippen LogP contribution in [0.25, 0.3) is 21.3 Å². The lowest BCUT2D eigenvalue weighted by molar-refractivity contribution is -0.194. The number of ether oxygens (including phenoxy) is 3. The van der Waals surface area contributed by atoms with Gasteiger partial charge >= 0.3 is 12.1 Å². The molecule has 7 atom stereocenters. The number of fused-ring (bicyclic) bond motifs is 4. The number of carbonyl (C=O) groups excluding carboxylic acids is 8. The second-order valence-electron chi connectivity index (χ2n) is 30.6. The molecule has 6 heterocycles. The predicted octanol–water partition coefficient (Wildman–Crippen LogP) is 7.06. The van der Waals surface area contributed by atoms with Crippen molar-refractivity contribution in [1.29, 1.82) is 0 Å². The number of imide groups is 1. The molecule has 3 fully saturated rings. The minimum absolute atomic E-state index is 0.0153. The number of hydrogen-bond donors (Lipinski definition) is 7. The number of hydrogen-bond acceptors (Lipinski definition) is 21. The molecule has 6 aromatic rings. The van der Waals surface area contributed by atoms with Crippen molar-refractivity contribution >= 4 is 112 Å². The molecule has 0 radical (unpaired) electrons. The monoisotopic (exact) mass is 1550 g/mol. The predicted molar refractivity (Wildman–Crippen MR) is 397 cm³/mol. The van der Waals surface area contributed by atoms with Crippen LogP contribution < -0.4 is 26.2 Å². The SMILES string of the molecule is Cc1c(-c2ccc(N3CCc4cccc(C(=O)Nc5nc6ccccc6s5)c4C3)nc2C(=O)O)cnn1CC1(C)CC2(C)CC(C)(C)CC(OCCN(CCS(=O)(=O)O)C(=O)OCc3ccc(NC(=O)[C@H](C)NC(=O)C(NC(=O)CN4C(=O)[C@@H](N5C(=O)C=CC5=O)C[C@H]4COCCS(=O)(=O)O)C(C)C)cc3)(C1)C2. The van der Waals surface area contributed by atoms with E-state index in [2.05, 4.69) is 53.9 Å². The Hall–Kier alpha value is -9.58. The highest BCUT2D eigenvalue weighted by Gasteiger charge is 2.58. The average Bonchev–Trinajstić information content (AvgIpc) is 0.903. The number of benzene rings is 3. The van der Waals surface area contributed by atoms with E-state index in [4.69, 9.17) is 28.8 Å². The normalized spacial score (nSPS) is 21.7. The van der Waals surface area contributed by atoms with Gasteiger partial charge in [-0.25, -0.2) is 19.6 Å². The van der Waals surface area contributed by atoms with Gasteiger partial charge in [0.05, 0.1) is 65.9 Å². The third-order valence-corrected chi connectivity index (χ3v) is 22.8. The molecular formula is C74H90N12O19S3. The van der Waals surface area contributed by atoms with Crippen molar-refractivity contribution in [2.75, 3.05) is 73.0 Å². The molecule has 31 nitrogen and oxygen atoms in total. The Morgan fingerprint density at radius 2 is 1.50 bits per heavy atom. The lowest BCUT2D eigenvalue weighted by atomic mass is 9.48. The van der Waals surface area contributed by atoms with Crippen LogP contribution in [-0.4, -0.2) is 206 Å². The van der Waals surface area contributed by atoms with Gasteiger partial charge in [-0.2, -0.15) is 21.9 Å². The molecule has 2 saturated carbocycles. The van der Waals surface area contributed by atoms with Gasteiger partial charge in [-0.1, -0.05) is 89.3 Å². The summed E-state index contributed by atoms with van der Waals surface area (Å²) in [5.74, 6) is -7.64. The van der Waals surface area contributed by atoms with Crippen LogP contribution in [-0.2, 0) is 89.3 Å². The van der Waals surface area contributed by atoms with Crippen molar-refractivity contribution in [1.82, 2.24) is 45.1 Å². The largest absolute Gasteiger partial charge is 0.476 e. The van der Waals surface area contributed by atoms with E-state index >= 15 is 0 Å². The fraction of sp³-hybridized carbons (Fsp3) is 0.486. The first-order valence-corrected chi connectivity index (χ1v) is 39.6. The molecule has 108 heavy (non-hydrogen) atoms. The van der Waals surface area contributed by atoms with E-state index in [1.165, 1.54) is 30.4 Å². The number of nitrogens with zero attached hydrogens (tertiary/aromatic N) is 8. The number of rotatable bonds is 30. The minimum atomic E-state index is -4.54. The average molecular weight is 1550 g/mol. The smallest absolute Gasteiger partial charge is 0.410 e. The van der Waals surface area contributed by atoms with Crippen LogP contribution in [0.5, 0.6) is 0 Å². The summed E-state index contributed by atoms with van der Waals surface area (Å²) < 4.78 is 86.7. The molecule has 4 unspecified atom stereocenters. The van der Waals surface area contributed by atoms with Crippen molar-refractivity contribution in [2.45, 2.75) is 150 Å². The fourth-order valence-electron chi connectivity index (χ4n) is 16.6. The highest BCUT2D eigenvalue weighted by molar-refractivity contribution is 7.86. The van der Waals surface area contributed by atoms with Gasteiger partial charge in [-0.15, -0.1) is 0 Å². The standard InChI is InChI=1S/C74H90N12O19S3/c1-44(2)62(80-59(87)35-84-50(37-103-29-31-108(100,101)102)32-56(67(84)93)86-60(88)22-23-61(86)89)66(92)76-45(3)64(90)77-49-18-16-47(17-19-49)36-104-70(96)82(27-30-107(97,98)99)26-28-105-74-39-71(5,6)38-72(7,41-74)40-73(8,42-74)43-85-46(4)53(33-75-85)51-20-21-58(79-63(51)68(94)95)83-25-24-48-12-11-13-52(54(48)34-83)65(91)81-69-78-55-14-9-10-15-57(55)106-69/h9-23,33,44-45,50,56,62H,24-32,34-43H2,1-8H3,(H,76,92)(H,77,90)(H,80,87)(H,94,95)(H,78,81,91)(H,97,98,99)(H,100,101,102)/t45-,50-,56-,62?,72?,73?,74?/m0/s1. The first kappa shape index (κ1) is 79.5. The fourth-order valence-corrected chi connectivity index (χ4v) is 18.2. The second kappa shape index (κ2) is 31.9. The summed E-state index contributed by atoms with van der Waals surface area (Å²) in [5, 5.41) is 27.0. The number of thiazole rings is 1. The summed E-state index contributed by atoms with van der Waals surface area (Å²) in [6.45, 7) is 14.5. The highest BCUT2D eigenvalue weighted by atomic mass is 32.2. The van der Waals surface area contributed by atoms with Crippen molar-refractivity contribution in [3.05, 3.63) is 131 Å². The van der Waals surface area contributed by atoms with Crippen molar-refractivity contribution in [3.8, 4) is 11.1 Å². The third-order valence-electron chi connectivity index (χ3n) is 20.4. The molecule has 0 spiro atoms. The first-order chi connectivity index (χ1) is 50.8. The maximum absolute atomic E-state index is 13.9. The number of aromatic nitrogens is 4. The van der Waals surface area contributed by atoms with Crippen LogP contribution in [0.1, 0.15) is 130 Å². The molecule has 578 valence electrons. The van der Waals surface area contributed by atoms with Gasteiger partial charge < -0.3 is 50.0 Å². The maximum atomic E-state index is 13.9. The van der Waals surface area contributed by atoms with Crippen LogP contribution in [0.3, 0.4) is 0 Å². The number of pyridine rings is 1. The molecule has 8 amide bonds. The van der Waals surface area contributed by atoms with Crippen LogP contribution in [0.4, 0.5) is 21.4 Å². The maximum Gasteiger partial charge on any atom is 0.410 e. The van der Waals surface area contributed by atoms with Crippen LogP contribution in [0.2, 0.25) is 0 Å². The number of nitrogens with one attached hydrogen (secondary N) is 4. The number of likely N-dealkylation sites (tertiary alicyclic amines) is 1. The first-order valence-electron chi connectivity index (χ1n) is 35.5. The zero-order valence-corrected chi connectivity index (χ0v) is 63.7. The Labute approximate surface area is 629 Å². The van der Waals surface area contributed by atoms with E-state index in [-0.39, 0.29) is 60.9 Å². The van der Waals surface area contributed by atoms with Crippen molar-refractivity contribution < 1.29 is 88.4 Å². The number of amides is 8. The Morgan fingerprint density at radius 3 is 2.19 bits per heavy atom. The quantitative estimate of drug-likeness (QED) is 0.0135. The van der Waals surface area contributed by atoms with E-state index in [1.807, 2.05) is 52.9 Å². The van der Waals surface area contributed by atoms with Crippen molar-refractivity contribution in [2.24, 2.45) is 22.2 Å². The topological polar surface area (TPSA) is 415 Å². The molecular weight excluding hydrogens is 1460 g/mol. The van der Waals surface area contributed by atoms with Gasteiger partial charge in [-0.3, -0.25) is 57.6 Å². The lowest BCUT2D eigenvalue weighted by Gasteiger charge is -2.61. The molecule has 5 aliphatic rings. The number of para-hydroxylation sites is 1. The van der Waals surface area contributed by atoms with Gasteiger partial charge in [0.1, 0.15) is 30.6 Å². The van der Waals surface area contributed by atoms with E-state index in [0.29, 0.717) is 78.5 Å². The zero-order chi connectivity index (χ0) is 78.0. The Bertz CT molecular complexity index is 4720. The Kier molecular flexibility index (Phi) is 23.5.